The lowest BCUT2D eigenvalue weighted by molar-refractivity contribution is -0.118. The third-order valence-corrected chi connectivity index (χ3v) is 4.83. The third-order valence-electron chi connectivity index (χ3n) is 3.91. The van der Waals surface area contributed by atoms with Gasteiger partial charge in [-0.25, -0.2) is 0 Å². The van der Waals surface area contributed by atoms with Crippen molar-refractivity contribution in [3.05, 3.63) is 65.7 Å². The zero-order valence-corrected chi connectivity index (χ0v) is 13.0. The van der Waals surface area contributed by atoms with Crippen LogP contribution in [0.1, 0.15) is 17.5 Å². The van der Waals surface area contributed by atoms with Crippen molar-refractivity contribution in [3.8, 4) is 6.07 Å². The molecule has 0 radical (unpaired) electrons. The number of alkyl halides is 2. The Balaban J connectivity index is 1.88. The fourth-order valence-corrected chi connectivity index (χ4v) is 3.36. The zero-order chi connectivity index (χ0) is 15.8. The Morgan fingerprint density at radius 1 is 1.09 bits per heavy atom. The van der Waals surface area contributed by atoms with Crippen molar-refractivity contribution in [2.75, 3.05) is 5.32 Å². The average Bonchev–Trinajstić information content (AvgIpc) is 3.13. The minimum Gasteiger partial charge on any atom is -0.325 e. The van der Waals surface area contributed by atoms with Crippen LogP contribution in [0.2, 0.25) is 0 Å². The summed E-state index contributed by atoms with van der Waals surface area (Å²) in [6.07, 6.45) is 0.370. The molecule has 0 unspecified atom stereocenters. The average molecular weight is 331 g/mol. The number of anilines is 1. The highest BCUT2D eigenvalue weighted by Gasteiger charge is 2.72. The smallest absolute Gasteiger partial charge is 0.238 e. The topological polar surface area (TPSA) is 52.9 Å². The van der Waals surface area contributed by atoms with Gasteiger partial charge in [-0.2, -0.15) is 5.26 Å². The monoisotopic (exact) mass is 330 g/mol. The molecule has 3 nitrogen and oxygen atoms in total. The predicted octanol–water partition coefficient (Wildman–Crippen LogP) is 4.01. The van der Waals surface area contributed by atoms with Gasteiger partial charge in [0.15, 0.2) is 0 Å². The first-order valence-corrected chi connectivity index (χ1v) is 7.50. The SMILES string of the molecule is N#Cc1ccc(NC(=O)[C@@]2(c3ccccc3)CC2(Cl)Cl)cc1. The molecule has 2 aromatic carbocycles. The molecule has 2 aromatic rings. The number of amides is 1. The summed E-state index contributed by atoms with van der Waals surface area (Å²) in [6.45, 7) is 0. The molecule has 0 spiro atoms. The second-order valence-corrected chi connectivity index (χ2v) is 6.78. The van der Waals surface area contributed by atoms with Crippen molar-refractivity contribution in [1.82, 2.24) is 0 Å². The normalized spacial score (nSPS) is 21.7. The molecule has 0 saturated heterocycles. The second-order valence-electron chi connectivity index (χ2n) is 5.30. The fourth-order valence-electron chi connectivity index (χ4n) is 2.57. The Bertz CT molecular complexity index is 750. The molecular formula is C17H12Cl2N2O. The van der Waals surface area contributed by atoms with E-state index in [4.69, 9.17) is 28.5 Å². The number of benzene rings is 2. The molecule has 22 heavy (non-hydrogen) atoms. The summed E-state index contributed by atoms with van der Waals surface area (Å²) >= 11 is 12.5. The standard InChI is InChI=1S/C17H12Cl2N2O/c18-17(19)11-16(17,13-4-2-1-3-5-13)15(22)21-14-8-6-12(10-20)7-9-14/h1-9H,11H2,(H,21,22)/t16-/m0/s1. The summed E-state index contributed by atoms with van der Waals surface area (Å²) in [5.41, 5.74) is 0.998. The van der Waals surface area contributed by atoms with Crippen molar-refractivity contribution in [3.63, 3.8) is 0 Å². The van der Waals surface area contributed by atoms with Crippen LogP contribution in [-0.2, 0) is 10.2 Å². The lowest BCUT2D eigenvalue weighted by Crippen LogP contribution is -2.32. The predicted molar refractivity (Wildman–Crippen MR) is 87.0 cm³/mol. The van der Waals surface area contributed by atoms with E-state index in [0.717, 1.165) is 5.56 Å². The van der Waals surface area contributed by atoms with E-state index in [-0.39, 0.29) is 5.91 Å². The summed E-state index contributed by atoms with van der Waals surface area (Å²) < 4.78 is -1.11. The lowest BCUT2D eigenvalue weighted by atomic mass is 9.94. The van der Waals surface area contributed by atoms with Crippen LogP contribution in [0.5, 0.6) is 0 Å². The number of carbonyl (C=O) groups excluding carboxylic acids is 1. The van der Waals surface area contributed by atoms with E-state index in [2.05, 4.69) is 5.32 Å². The molecular weight excluding hydrogens is 319 g/mol. The molecule has 1 aliphatic carbocycles. The highest BCUT2D eigenvalue weighted by atomic mass is 35.5. The van der Waals surface area contributed by atoms with Gasteiger partial charge in [-0.05, 0) is 29.8 Å². The molecule has 1 atom stereocenters. The maximum absolute atomic E-state index is 12.7. The van der Waals surface area contributed by atoms with E-state index in [1.807, 2.05) is 36.4 Å². The highest BCUT2D eigenvalue weighted by molar-refractivity contribution is 6.54. The van der Waals surface area contributed by atoms with Gasteiger partial charge in [0.2, 0.25) is 5.91 Å². The van der Waals surface area contributed by atoms with Crippen LogP contribution in [-0.4, -0.2) is 10.2 Å². The van der Waals surface area contributed by atoms with Gasteiger partial charge in [0.05, 0.1) is 11.6 Å². The molecule has 1 amide bonds. The first kappa shape index (κ1) is 14.9. The van der Waals surface area contributed by atoms with Gasteiger partial charge in [0.1, 0.15) is 9.75 Å². The minimum atomic E-state index is -1.11. The van der Waals surface area contributed by atoms with Crippen LogP contribution in [0.25, 0.3) is 0 Å². The Morgan fingerprint density at radius 3 is 2.18 bits per heavy atom. The summed E-state index contributed by atoms with van der Waals surface area (Å²) in [6, 6.07) is 18.0. The first-order chi connectivity index (χ1) is 10.5. The maximum Gasteiger partial charge on any atom is 0.238 e. The van der Waals surface area contributed by atoms with E-state index < -0.39 is 9.75 Å². The van der Waals surface area contributed by atoms with Crippen LogP contribution in [0.15, 0.2) is 54.6 Å². The van der Waals surface area contributed by atoms with Gasteiger partial charge >= 0.3 is 0 Å². The van der Waals surface area contributed by atoms with Gasteiger partial charge in [0, 0.05) is 12.1 Å². The number of nitriles is 1. The Morgan fingerprint density at radius 2 is 1.68 bits per heavy atom. The van der Waals surface area contributed by atoms with Crippen molar-refractivity contribution < 1.29 is 4.79 Å². The highest BCUT2D eigenvalue weighted by Crippen LogP contribution is 2.65. The molecule has 0 aromatic heterocycles. The van der Waals surface area contributed by atoms with E-state index in [1.165, 1.54) is 0 Å². The van der Waals surface area contributed by atoms with Crippen molar-refractivity contribution in [2.45, 2.75) is 16.2 Å². The summed E-state index contributed by atoms with van der Waals surface area (Å²) in [5, 5.41) is 11.6. The number of carbonyl (C=O) groups is 1. The van der Waals surface area contributed by atoms with Gasteiger partial charge in [-0.3, -0.25) is 4.79 Å². The molecule has 0 aliphatic heterocycles. The van der Waals surface area contributed by atoms with Crippen LogP contribution in [0.4, 0.5) is 5.69 Å². The quantitative estimate of drug-likeness (QED) is 0.864. The third kappa shape index (κ3) is 2.35. The number of halogens is 2. The molecule has 1 N–H and O–H groups in total. The van der Waals surface area contributed by atoms with Crippen molar-refractivity contribution >= 4 is 34.8 Å². The van der Waals surface area contributed by atoms with Gasteiger partial charge in [-0.1, -0.05) is 30.3 Å². The van der Waals surface area contributed by atoms with Gasteiger partial charge in [0.25, 0.3) is 0 Å². The number of nitrogens with one attached hydrogen (secondary N) is 1. The van der Waals surface area contributed by atoms with Crippen molar-refractivity contribution in [1.29, 1.82) is 5.26 Å². The molecule has 110 valence electrons. The number of nitrogens with zero attached hydrogens (tertiary/aromatic N) is 1. The molecule has 0 bridgehead atoms. The number of rotatable bonds is 3. The Labute approximate surface area is 138 Å². The van der Waals surface area contributed by atoms with E-state index in [1.54, 1.807) is 24.3 Å². The second kappa shape index (κ2) is 5.31. The molecule has 1 fully saturated rings. The number of hydrogen-bond acceptors (Lipinski definition) is 2. The molecule has 0 heterocycles. The maximum atomic E-state index is 12.7. The molecule has 3 rings (SSSR count). The summed E-state index contributed by atoms with van der Waals surface area (Å²) in [7, 11) is 0. The van der Waals surface area contributed by atoms with Crippen LogP contribution in [0.3, 0.4) is 0 Å². The number of hydrogen-bond donors (Lipinski definition) is 1. The van der Waals surface area contributed by atoms with E-state index >= 15 is 0 Å². The summed E-state index contributed by atoms with van der Waals surface area (Å²) in [4.78, 5) is 12.7. The van der Waals surface area contributed by atoms with Crippen molar-refractivity contribution in [2.24, 2.45) is 0 Å². The first-order valence-electron chi connectivity index (χ1n) is 6.74. The van der Waals surface area contributed by atoms with Gasteiger partial charge < -0.3 is 5.32 Å². The Kier molecular flexibility index (Phi) is 3.60. The van der Waals surface area contributed by atoms with Crippen LogP contribution < -0.4 is 5.32 Å². The molecule has 1 saturated carbocycles. The minimum absolute atomic E-state index is 0.242. The molecule has 5 heteroatoms. The zero-order valence-electron chi connectivity index (χ0n) is 11.5. The lowest BCUT2D eigenvalue weighted by Gasteiger charge is -2.18. The Hall–Kier alpha value is -2.02. The van der Waals surface area contributed by atoms with E-state index in [9.17, 15) is 4.79 Å². The van der Waals surface area contributed by atoms with Gasteiger partial charge in [-0.15, -0.1) is 23.2 Å². The summed E-state index contributed by atoms with van der Waals surface area (Å²) in [5.74, 6) is -0.242. The molecule has 1 aliphatic rings. The fraction of sp³-hybridized carbons (Fsp3) is 0.176. The largest absolute Gasteiger partial charge is 0.325 e. The van der Waals surface area contributed by atoms with Crippen LogP contribution in [0, 0.1) is 11.3 Å². The van der Waals surface area contributed by atoms with Crippen LogP contribution >= 0.6 is 23.2 Å². The van der Waals surface area contributed by atoms with E-state index in [0.29, 0.717) is 17.7 Å².